The van der Waals surface area contributed by atoms with Crippen molar-refractivity contribution in [1.82, 2.24) is 0 Å². The molecule has 0 N–H and O–H groups in total. The average Bonchev–Trinajstić information content (AvgIpc) is 3.42. The van der Waals surface area contributed by atoms with E-state index in [9.17, 15) is 4.79 Å². The van der Waals surface area contributed by atoms with E-state index in [4.69, 9.17) is 23.9 Å². The van der Waals surface area contributed by atoms with Crippen molar-refractivity contribution in [2.24, 2.45) is 4.99 Å². The van der Waals surface area contributed by atoms with Crippen LogP contribution in [0.5, 0.6) is 23.0 Å². The van der Waals surface area contributed by atoms with Gasteiger partial charge in [-0.2, -0.15) is 0 Å². The zero-order chi connectivity index (χ0) is 34.2. The molecule has 248 valence electrons. The SMILES string of the molecule is CCOc1cc(/C=C2/SC(=Nc3ccc(C)cc3)N(c3ccc(C)cc3)C2=O)ccc1OCc1ccc(OCc2ccccc2)c(OC)c1. The highest BCUT2D eigenvalue weighted by atomic mass is 32.2. The molecule has 0 aromatic heterocycles. The molecule has 5 aromatic rings. The van der Waals surface area contributed by atoms with Crippen LogP contribution in [0.2, 0.25) is 0 Å². The van der Waals surface area contributed by atoms with Crippen molar-refractivity contribution in [2.75, 3.05) is 18.6 Å². The predicted molar refractivity (Wildman–Crippen MR) is 198 cm³/mol. The Labute approximate surface area is 291 Å². The Hall–Kier alpha value is -5.47. The number of thioether (sulfide) groups is 1. The van der Waals surface area contributed by atoms with E-state index in [1.807, 2.05) is 142 Å². The van der Waals surface area contributed by atoms with Gasteiger partial charge in [0.1, 0.15) is 13.2 Å². The Bertz CT molecular complexity index is 1970. The van der Waals surface area contributed by atoms with Crippen LogP contribution in [0.4, 0.5) is 11.4 Å². The Morgan fingerprint density at radius 1 is 0.694 bits per heavy atom. The highest BCUT2D eigenvalue weighted by molar-refractivity contribution is 8.19. The lowest BCUT2D eigenvalue weighted by atomic mass is 10.1. The maximum Gasteiger partial charge on any atom is 0.271 e. The molecule has 6 rings (SSSR count). The quantitative estimate of drug-likeness (QED) is 0.123. The number of hydrogen-bond acceptors (Lipinski definition) is 7. The van der Waals surface area contributed by atoms with Gasteiger partial charge in [0.05, 0.1) is 30.0 Å². The second kappa shape index (κ2) is 15.6. The zero-order valence-corrected chi connectivity index (χ0v) is 28.8. The van der Waals surface area contributed by atoms with Crippen LogP contribution in [-0.2, 0) is 18.0 Å². The van der Waals surface area contributed by atoms with Gasteiger partial charge in [-0.25, -0.2) is 4.99 Å². The van der Waals surface area contributed by atoms with Gasteiger partial charge in [-0.05, 0) is 104 Å². The van der Waals surface area contributed by atoms with Gasteiger partial charge < -0.3 is 18.9 Å². The second-order valence-electron chi connectivity index (χ2n) is 11.5. The van der Waals surface area contributed by atoms with Crippen molar-refractivity contribution in [3.8, 4) is 23.0 Å². The summed E-state index contributed by atoms with van der Waals surface area (Å²) in [6.07, 6.45) is 1.87. The van der Waals surface area contributed by atoms with Crippen molar-refractivity contribution < 1.29 is 23.7 Å². The van der Waals surface area contributed by atoms with Gasteiger partial charge in [0, 0.05) is 0 Å². The fourth-order valence-electron chi connectivity index (χ4n) is 5.17. The third-order valence-corrected chi connectivity index (χ3v) is 8.75. The highest BCUT2D eigenvalue weighted by Gasteiger charge is 2.34. The van der Waals surface area contributed by atoms with E-state index in [2.05, 4.69) is 0 Å². The van der Waals surface area contributed by atoms with Crippen molar-refractivity contribution in [1.29, 1.82) is 0 Å². The number of carbonyl (C=O) groups excluding carboxylic acids is 1. The van der Waals surface area contributed by atoms with E-state index in [0.717, 1.165) is 39.2 Å². The molecule has 0 atom stereocenters. The van der Waals surface area contributed by atoms with Gasteiger partial charge in [-0.1, -0.05) is 77.9 Å². The third-order valence-electron chi connectivity index (χ3n) is 7.78. The molecule has 1 amide bonds. The number of benzene rings is 5. The van der Waals surface area contributed by atoms with E-state index < -0.39 is 0 Å². The van der Waals surface area contributed by atoms with Crippen LogP contribution < -0.4 is 23.8 Å². The van der Waals surface area contributed by atoms with Crippen molar-refractivity contribution in [2.45, 2.75) is 34.0 Å². The molecule has 1 saturated heterocycles. The van der Waals surface area contributed by atoms with Crippen molar-refractivity contribution >= 4 is 40.3 Å². The molecule has 8 heteroatoms. The molecule has 0 aliphatic carbocycles. The fourth-order valence-corrected chi connectivity index (χ4v) is 6.17. The van der Waals surface area contributed by atoms with Gasteiger partial charge in [0.15, 0.2) is 28.2 Å². The third kappa shape index (κ3) is 8.34. The lowest BCUT2D eigenvalue weighted by Crippen LogP contribution is -2.28. The number of ether oxygens (including phenoxy) is 4. The van der Waals surface area contributed by atoms with Crippen LogP contribution in [0, 0.1) is 13.8 Å². The molecule has 0 unspecified atom stereocenters. The molecule has 1 aliphatic heterocycles. The van der Waals surface area contributed by atoms with Crippen LogP contribution >= 0.6 is 11.8 Å². The summed E-state index contributed by atoms with van der Waals surface area (Å²) < 4.78 is 23.8. The summed E-state index contributed by atoms with van der Waals surface area (Å²) in [7, 11) is 1.63. The first-order valence-corrected chi connectivity index (χ1v) is 16.9. The number of amidine groups is 1. The summed E-state index contributed by atoms with van der Waals surface area (Å²) in [4.78, 5) is 20.9. The standard InChI is InChI=1S/C41H38N2O5S/c1-5-46-38-23-31(15-21-36(38)48-27-32-16-22-35(37(24-32)45-4)47-26-30-9-7-6-8-10-30)25-39-40(44)43(34-19-13-29(3)14-20-34)41(49-39)42-33-17-11-28(2)12-18-33/h6-25H,5,26-27H2,1-4H3/b39-25+,42-41?. The maximum atomic E-state index is 13.9. The van der Waals surface area contributed by atoms with E-state index in [1.165, 1.54) is 11.8 Å². The van der Waals surface area contributed by atoms with Gasteiger partial charge in [-0.3, -0.25) is 9.69 Å². The van der Waals surface area contributed by atoms with Gasteiger partial charge in [0.2, 0.25) is 0 Å². The number of amides is 1. The summed E-state index contributed by atoms with van der Waals surface area (Å²) in [5.41, 5.74) is 6.63. The van der Waals surface area contributed by atoms with Crippen LogP contribution in [0.1, 0.15) is 34.7 Å². The number of anilines is 1. The Kier molecular flexibility index (Phi) is 10.7. The van der Waals surface area contributed by atoms with Gasteiger partial charge >= 0.3 is 0 Å². The molecule has 0 bridgehead atoms. The van der Waals surface area contributed by atoms with E-state index in [-0.39, 0.29) is 5.91 Å². The Morgan fingerprint density at radius 3 is 2.04 bits per heavy atom. The van der Waals surface area contributed by atoms with Gasteiger partial charge in [0.25, 0.3) is 5.91 Å². The van der Waals surface area contributed by atoms with Crippen molar-refractivity contribution in [3.63, 3.8) is 0 Å². The number of aryl methyl sites for hydroxylation is 2. The molecule has 0 radical (unpaired) electrons. The number of aliphatic imine (C=N–C) groups is 1. The largest absolute Gasteiger partial charge is 0.493 e. The smallest absolute Gasteiger partial charge is 0.271 e. The molecule has 1 heterocycles. The fraction of sp³-hybridized carbons (Fsp3) is 0.171. The maximum absolute atomic E-state index is 13.9. The highest BCUT2D eigenvalue weighted by Crippen LogP contribution is 2.39. The second-order valence-corrected chi connectivity index (χ2v) is 12.5. The molecule has 49 heavy (non-hydrogen) atoms. The van der Waals surface area contributed by atoms with Crippen LogP contribution in [0.25, 0.3) is 6.08 Å². The molecule has 7 nitrogen and oxygen atoms in total. The van der Waals surface area contributed by atoms with Crippen LogP contribution in [0.15, 0.2) is 125 Å². The lowest BCUT2D eigenvalue weighted by molar-refractivity contribution is -0.113. The Morgan fingerprint density at radius 2 is 1.35 bits per heavy atom. The topological polar surface area (TPSA) is 69.6 Å². The van der Waals surface area contributed by atoms with Crippen molar-refractivity contribution in [3.05, 3.63) is 148 Å². The number of methoxy groups -OCH3 is 1. The molecule has 1 aliphatic rings. The molecule has 0 spiro atoms. The van der Waals surface area contributed by atoms with Crippen LogP contribution in [0.3, 0.4) is 0 Å². The number of carbonyl (C=O) groups is 1. The van der Waals surface area contributed by atoms with E-state index in [1.54, 1.807) is 12.0 Å². The Balaban J connectivity index is 1.21. The summed E-state index contributed by atoms with van der Waals surface area (Å²) in [6.45, 7) is 7.19. The minimum atomic E-state index is -0.136. The average molecular weight is 671 g/mol. The number of hydrogen-bond donors (Lipinski definition) is 0. The first-order valence-electron chi connectivity index (χ1n) is 16.1. The number of nitrogens with zero attached hydrogens (tertiary/aromatic N) is 2. The van der Waals surface area contributed by atoms with E-state index >= 15 is 0 Å². The summed E-state index contributed by atoms with van der Waals surface area (Å²) in [5.74, 6) is 2.34. The zero-order valence-electron chi connectivity index (χ0n) is 28.0. The first kappa shape index (κ1) is 33.4. The molecular formula is C41H38N2O5S. The molecule has 5 aromatic carbocycles. The lowest BCUT2D eigenvalue weighted by Gasteiger charge is -2.16. The first-order chi connectivity index (χ1) is 23.9. The summed E-state index contributed by atoms with van der Waals surface area (Å²) >= 11 is 1.35. The molecular weight excluding hydrogens is 633 g/mol. The van der Waals surface area contributed by atoms with Gasteiger partial charge in [-0.15, -0.1) is 0 Å². The minimum Gasteiger partial charge on any atom is -0.493 e. The minimum absolute atomic E-state index is 0.136. The summed E-state index contributed by atoms with van der Waals surface area (Å²) in [6, 6.07) is 37.3. The monoisotopic (exact) mass is 670 g/mol. The van der Waals surface area contributed by atoms with E-state index in [0.29, 0.717) is 52.9 Å². The van der Waals surface area contributed by atoms with Crippen LogP contribution in [-0.4, -0.2) is 24.8 Å². The predicted octanol–water partition coefficient (Wildman–Crippen LogP) is 9.68. The normalized spacial score (nSPS) is 14.4. The summed E-state index contributed by atoms with van der Waals surface area (Å²) in [5, 5.41) is 0.598. The molecule has 1 fully saturated rings. The molecule has 0 saturated carbocycles. The number of rotatable bonds is 12.